The fraction of sp³-hybridized carbons (Fsp3) is 0.917. The van der Waals surface area contributed by atoms with Crippen molar-refractivity contribution in [1.82, 2.24) is 10.2 Å². The van der Waals surface area contributed by atoms with Crippen LogP contribution in [0.1, 0.15) is 26.7 Å². The van der Waals surface area contributed by atoms with Gasteiger partial charge in [0.25, 0.3) is 0 Å². The first-order chi connectivity index (χ1) is 7.66. The Kier molecular flexibility index (Phi) is 4.14. The van der Waals surface area contributed by atoms with Crippen molar-refractivity contribution < 1.29 is 0 Å². The van der Waals surface area contributed by atoms with E-state index in [0.29, 0.717) is 11.3 Å². The number of thioether (sulfide) groups is 1. The lowest BCUT2D eigenvalue weighted by Crippen LogP contribution is -2.37. The highest BCUT2D eigenvalue weighted by Crippen LogP contribution is 2.26. The molecule has 2 unspecified atom stereocenters. The minimum absolute atomic E-state index is 0.684. The van der Waals surface area contributed by atoms with E-state index < -0.39 is 0 Å². The van der Waals surface area contributed by atoms with E-state index in [2.05, 4.69) is 36.1 Å². The van der Waals surface area contributed by atoms with Crippen LogP contribution in [-0.4, -0.2) is 48.0 Å². The quantitative estimate of drug-likeness (QED) is 0.816. The predicted octanol–water partition coefficient (Wildman–Crippen LogP) is 1.80. The molecule has 0 aliphatic carbocycles. The standard InChI is InChI=1S/C12H23N3S/c1-9(2)11-8-14-12(16-11)13-7-10-5-4-6-15(10)3/h9-11H,4-8H2,1-3H3,(H,13,14). The highest BCUT2D eigenvalue weighted by atomic mass is 32.2. The van der Waals surface area contributed by atoms with E-state index >= 15 is 0 Å². The topological polar surface area (TPSA) is 27.6 Å². The third-order valence-corrected chi connectivity index (χ3v) is 5.07. The van der Waals surface area contributed by atoms with Crippen LogP contribution < -0.4 is 5.32 Å². The molecule has 92 valence electrons. The van der Waals surface area contributed by atoms with Crippen LogP contribution in [0.25, 0.3) is 0 Å². The molecule has 0 aromatic rings. The monoisotopic (exact) mass is 241 g/mol. The van der Waals surface area contributed by atoms with Crippen LogP contribution in [0.5, 0.6) is 0 Å². The van der Waals surface area contributed by atoms with E-state index in [1.165, 1.54) is 24.6 Å². The summed E-state index contributed by atoms with van der Waals surface area (Å²) < 4.78 is 0. The average molecular weight is 241 g/mol. The van der Waals surface area contributed by atoms with Crippen LogP contribution in [0.3, 0.4) is 0 Å². The fourth-order valence-electron chi connectivity index (χ4n) is 2.28. The van der Waals surface area contributed by atoms with Crippen LogP contribution in [0.2, 0.25) is 0 Å². The van der Waals surface area contributed by atoms with Gasteiger partial charge in [0.05, 0.1) is 6.54 Å². The molecular formula is C12H23N3S. The summed E-state index contributed by atoms with van der Waals surface area (Å²) in [7, 11) is 2.22. The van der Waals surface area contributed by atoms with Crippen molar-refractivity contribution in [3.63, 3.8) is 0 Å². The van der Waals surface area contributed by atoms with Gasteiger partial charge in [-0.15, -0.1) is 0 Å². The van der Waals surface area contributed by atoms with E-state index in [0.717, 1.165) is 19.0 Å². The maximum absolute atomic E-state index is 4.57. The molecule has 2 heterocycles. The number of amidine groups is 1. The van der Waals surface area contributed by atoms with Crippen LogP contribution in [0.4, 0.5) is 0 Å². The van der Waals surface area contributed by atoms with E-state index in [1.54, 1.807) is 0 Å². The predicted molar refractivity (Wildman–Crippen MR) is 72.2 cm³/mol. The Labute approximate surface area is 103 Å². The SMILES string of the molecule is CC(C)C1CN=C(NCC2CCCN2C)S1. The summed E-state index contributed by atoms with van der Waals surface area (Å²) in [5.74, 6) is 0.724. The number of nitrogens with one attached hydrogen (secondary N) is 1. The molecule has 3 nitrogen and oxygen atoms in total. The van der Waals surface area contributed by atoms with Crippen LogP contribution in [0.15, 0.2) is 4.99 Å². The number of rotatable bonds is 3. The van der Waals surface area contributed by atoms with E-state index in [9.17, 15) is 0 Å². The Morgan fingerprint density at radius 1 is 1.56 bits per heavy atom. The number of nitrogens with zero attached hydrogens (tertiary/aromatic N) is 2. The molecule has 0 amide bonds. The van der Waals surface area contributed by atoms with Crippen molar-refractivity contribution in [2.24, 2.45) is 10.9 Å². The third-order valence-electron chi connectivity index (χ3n) is 3.58. The molecule has 4 heteroatoms. The van der Waals surface area contributed by atoms with Gasteiger partial charge in [-0.05, 0) is 32.4 Å². The summed E-state index contributed by atoms with van der Waals surface area (Å²) in [6, 6.07) is 0.710. The first-order valence-corrected chi connectivity index (χ1v) is 7.20. The van der Waals surface area contributed by atoms with Crippen molar-refractivity contribution in [2.45, 2.75) is 38.0 Å². The summed E-state index contributed by atoms with van der Waals surface area (Å²) in [4.78, 5) is 7.03. The minimum atomic E-state index is 0.684. The maximum Gasteiger partial charge on any atom is 0.156 e. The molecule has 2 aliphatic heterocycles. The van der Waals surface area contributed by atoms with E-state index in [1.807, 2.05) is 11.8 Å². The van der Waals surface area contributed by atoms with Gasteiger partial charge in [0.2, 0.25) is 0 Å². The normalized spacial score (nSPS) is 31.1. The van der Waals surface area contributed by atoms with Gasteiger partial charge in [-0.1, -0.05) is 25.6 Å². The Morgan fingerprint density at radius 2 is 2.38 bits per heavy atom. The number of likely N-dealkylation sites (N-methyl/N-ethyl adjacent to an activating group) is 1. The van der Waals surface area contributed by atoms with Gasteiger partial charge in [0.1, 0.15) is 0 Å². The van der Waals surface area contributed by atoms with Crippen LogP contribution >= 0.6 is 11.8 Å². The molecule has 1 saturated heterocycles. The second-order valence-corrected chi connectivity index (χ2v) is 6.43. The molecule has 0 aromatic carbocycles. The fourth-order valence-corrected chi connectivity index (χ4v) is 3.30. The van der Waals surface area contributed by atoms with Crippen LogP contribution in [-0.2, 0) is 0 Å². The Bertz CT molecular complexity index is 265. The summed E-state index contributed by atoms with van der Waals surface area (Å²) in [6.45, 7) is 7.86. The molecule has 2 rings (SSSR count). The van der Waals surface area contributed by atoms with Gasteiger partial charge in [-0.25, -0.2) is 0 Å². The Balaban J connectivity index is 1.71. The van der Waals surface area contributed by atoms with E-state index in [-0.39, 0.29) is 0 Å². The van der Waals surface area contributed by atoms with Gasteiger partial charge >= 0.3 is 0 Å². The molecule has 2 atom stereocenters. The van der Waals surface area contributed by atoms with Crippen molar-refractivity contribution in [3.05, 3.63) is 0 Å². The molecule has 1 fully saturated rings. The second-order valence-electron chi connectivity index (χ2n) is 5.20. The van der Waals surface area contributed by atoms with Gasteiger partial charge in [0.15, 0.2) is 5.17 Å². The van der Waals surface area contributed by atoms with Crippen molar-refractivity contribution >= 4 is 16.9 Å². The molecule has 0 saturated carbocycles. The number of hydrogen-bond donors (Lipinski definition) is 1. The highest BCUT2D eigenvalue weighted by Gasteiger charge is 2.24. The largest absolute Gasteiger partial charge is 0.363 e. The molecular weight excluding hydrogens is 218 g/mol. The number of aliphatic imine (C=N–C) groups is 1. The molecule has 0 bridgehead atoms. The smallest absolute Gasteiger partial charge is 0.156 e. The lowest BCUT2D eigenvalue weighted by atomic mass is 10.1. The van der Waals surface area contributed by atoms with E-state index in [4.69, 9.17) is 0 Å². The summed E-state index contributed by atoms with van der Waals surface area (Å²) in [5, 5.41) is 5.36. The number of likely N-dealkylation sites (tertiary alicyclic amines) is 1. The van der Waals surface area contributed by atoms with Crippen molar-refractivity contribution in [1.29, 1.82) is 0 Å². The highest BCUT2D eigenvalue weighted by molar-refractivity contribution is 8.14. The molecule has 2 aliphatic rings. The zero-order valence-corrected chi connectivity index (χ0v) is 11.4. The van der Waals surface area contributed by atoms with Crippen molar-refractivity contribution in [3.8, 4) is 0 Å². The Hall–Kier alpha value is -0.220. The first kappa shape index (κ1) is 12.2. The van der Waals surface area contributed by atoms with Gasteiger partial charge in [-0.3, -0.25) is 4.99 Å². The summed E-state index contributed by atoms with van der Waals surface area (Å²) in [5.41, 5.74) is 0. The van der Waals surface area contributed by atoms with Gasteiger partial charge < -0.3 is 10.2 Å². The average Bonchev–Trinajstić information content (AvgIpc) is 2.83. The first-order valence-electron chi connectivity index (χ1n) is 6.32. The molecule has 0 radical (unpaired) electrons. The summed E-state index contributed by atoms with van der Waals surface area (Å²) in [6.07, 6.45) is 2.67. The Morgan fingerprint density at radius 3 is 2.94 bits per heavy atom. The zero-order chi connectivity index (χ0) is 11.5. The molecule has 16 heavy (non-hydrogen) atoms. The van der Waals surface area contributed by atoms with Crippen molar-refractivity contribution in [2.75, 3.05) is 26.7 Å². The minimum Gasteiger partial charge on any atom is -0.363 e. The number of hydrogen-bond acceptors (Lipinski definition) is 4. The molecule has 1 N–H and O–H groups in total. The van der Waals surface area contributed by atoms with Crippen LogP contribution in [0, 0.1) is 5.92 Å². The zero-order valence-electron chi connectivity index (χ0n) is 10.6. The lowest BCUT2D eigenvalue weighted by Gasteiger charge is -2.20. The molecule has 0 aromatic heterocycles. The van der Waals surface area contributed by atoms with Gasteiger partial charge in [-0.2, -0.15) is 0 Å². The molecule has 0 spiro atoms. The third kappa shape index (κ3) is 2.92. The maximum atomic E-state index is 4.57. The second kappa shape index (κ2) is 5.41. The van der Waals surface area contributed by atoms with Gasteiger partial charge in [0, 0.05) is 17.8 Å². The summed E-state index contributed by atoms with van der Waals surface area (Å²) >= 11 is 1.92. The lowest BCUT2D eigenvalue weighted by molar-refractivity contribution is 0.310.